The predicted octanol–water partition coefficient (Wildman–Crippen LogP) is 1.03. The molecule has 0 radical (unpaired) electrons. The van der Waals surface area contributed by atoms with E-state index in [1.807, 2.05) is 6.92 Å². The molecule has 0 saturated carbocycles. The zero-order valence-corrected chi connectivity index (χ0v) is 10.5. The Labute approximate surface area is 105 Å². The molecule has 0 unspecified atom stereocenters. The van der Waals surface area contributed by atoms with Crippen LogP contribution in [0.5, 0.6) is 0 Å². The lowest BCUT2D eigenvalue weighted by Gasteiger charge is -2.09. The molecule has 3 N–H and O–H groups in total. The summed E-state index contributed by atoms with van der Waals surface area (Å²) in [4.78, 5) is 26.1. The van der Waals surface area contributed by atoms with Crippen molar-refractivity contribution in [2.45, 2.75) is 20.3 Å². The van der Waals surface area contributed by atoms with Crippen molar-refractivity contribution in [3.05, 3.63) is 23.5 Å². The molecule has 6 heteroatoms. The van der Waals surface area contributed by atoms with Gasteiger partial charge < -0.3 is 15.7 Å². The second-order valence-electron chi connectivity index (χ2n) is 3.81. The number of aryl methyl sites for hydroxylation is 1. The minimum Gasteiger partial charge on any atom is -0.478 e. The summed E-state index contributed by atoms with van der Waals surface area (Å²) in [7, 11) is 0. The van der Waals surface area contributed by atoms with Crippen LogP contribution in [0.4, 0.5) is 5.69 Å². The van der Waals surface area contributed by atoms with Crippen molar-refractivity contribution >= 4 is 17.6 Å². The molecule has 0 aliphatic carbocycles. The van der Waals surface area contributed by atoms with E-state index >= 15 is 0 Å². The average molecular weight is 251 g/mol. The highest BCUT2D eigenvalue weighted by Gasteiger charge is 2.10. The van der Waals surface area contributed by atoms with Gasteiger partial charge in [0, 0.05) is 31.4 Å². The molecule has 0 aliphatic heterocycles. The first-order valence-corrected chi connectivity index (χ1v) is 5.75. The fourth-order valence-electron chi connectivity index (χ4n) is 1.47. The number of anilines is 1. The second-order valence-corrected chi connectivity index (χ2v) is 3.81. The lowest BCUT2D eigenvalue weighted by molar-refractivity contribution is -0.120. The Morgan fingerprint density at radius 1 is 1.44 bits per heavy atom. The van der Waals surface area contributed by atoms with Gasteiger partial charge in [-0.3, -0.25) is 9.78 Å². The highest BCUT2D eigenvalue weighted by molar-refractivity contribution is 5.93. The fraction of sp³-hybridized carbons (Fsp3) is 0.417. The molecule has 1 amide bonds. The van der Waals surface area contributed by atoms with E-state index in [1.54, 1.807) is 13.0 Å². The molecule has 0 atom stereocenters. The molecular formula is C12H17N3O3. The second kappa shape index (κ2) is 6.58. The summed E-state index contributed by atoms with van der Waals surface area (Å²) in [6.45, 7) is 4.60. The summed E-state index contributed by atoms with van der Waals surface area (Å²) < 4.78 is 0. The van der Waals surface area contributed by atoms with E-state index in [2.05, 4.69) is 15.6 Å². The van der Waals surface area contributed by atoms with Crippen LogP contribution in [0.3, 0.4) is 0 Å². The summed E-state index contributed by atoms with van der Waals surface area (Å²) in [5.74, 6) is -1.10. The third-order valence-electron chi connectivity index (χ3n) is 2.31. The fourth-order valence-corrected chi connectivity index (χ4v) is 1.47. The number of carboxylic acid groups (broad SMARTS) is 1. The van der Waals surface area contributed by atoms with E-state index in [-0.39, 0.29) is 11.5 Å². The van der Waals surface area contributed by atoms with E-state index in [9.17, 15) is 9.59 Å². The highest BCUT2D eigenvalue weighted by Crippen LogP contribution is 2.15. The van der Waals surface area contributed by atoms with Crippen molar-refractivity contribution in [3.63, 3.8) is 0 Å². The molecule has 0 aromatic carbocycles. The maximum absolute atomic E-state index is 11.2. The van der Waals surface area contributed by atoms with Crippen molar-refractivity contribution in [3.8, 4) is 0 Å². The summed E-state index contributed by atoms with van der Waals surface area (Å²) >= 11 is 0. The smallest absolute Gasteiger partial charge is 0.339 e. The molecule has 0 fully saturated rings. The first-order chi connectivity index (χ1) is 8.54. The Morgan fingerprint density at radius 2 is 2.17 bits per heavy atom. The van der Waals surface area contributed by atoms with Crippen LogP contribution in [0.15, 0.2) is 12.3 Å². The number of hydrogen-bond acceptors (Lipinski definition) is 4. The average Bonchev–Trinajstić information content (AvgIpc) is 2.29. The SMILES string of the molecule is CCNC(=O)CCNc1cc(C)ncc1C(=O)O. The molecule has 1 aromatic heterocycles. The van der Waals surface area contributed by atoms with E-state index in [1.165, 1.54) is 6.20 Å². The Balaban J connectivity index is 2.63. The van der Waals surface area contributed by atoms with Gasteiger partial charge in [0.05, 0.1) is 5.69 Å². The lowest BCUT2D eigenvalue weighted by Crippen LogP contribution is -2.25. The lowest BCUT2D eigenvalue weighted by atomic mass is 10.2. The van der Waals surface area contributed by atoms with Crippen LogP contribution >= 0.6 is 0 Å². The number of nitrogens with one attached hydrogen (secondary N) is 2. The minimum absolute atomic E-state index is 0.0624. The summed E-state index contributed by atoms with van der Waals surface area (Å²) in [6, 6.07) is 1.65. The maximum atomic E-state index is 11.2. The Hall–Kier alpha value is -2.11. The van der Waals surface area contributed by atoms with Gasteiger partial charge in [0.2, 0.25) is 5.91 Å². The van der Waals surface area contributed by atoms with Gasteiger partial charge in [-0.1, -0.05) is 0 Å². The quantitative estimate of drug-likeness (QED) is 0.702. The molecule has 98 valence electrons. The maximum Gasteiger partial charge on any atom is 0.339 e. The van der Waals surface area contributed by atoms with Gasteiger partial charge >= 0.3 is 5.97 Å². The monoisotopic (exact) mass is 251 g/mol. The highest BCUT2D eigenvalue weighted by atomic mass is 16.4. The molecule has 1 rings (SSSR count). The first kappa shape index (κ1) is 14.0. The van der Waals surface area contributed by atoms with Crippen molar-refractivity contribution in [1.82, 2.24) is 10.3 Å². The Bertz CT molecular complexity index is 446. The van der Waals surface area contributed by atoms with Gasteiger partial charge in [0.15, 0.2) is 0 Å². The van der Waals surface area contributed by atoms with Gasteiger partial charge in [-0.05, 0) is 19.9 Å². The number of carbonyl (C=O) groups is 2. The zero-order valence-electron chi connectivity index (χ0n) is 10.5. The molecule has 0 saturated heterocycles. The predicted molar refractivity (Wildman–Crippen MR) is 67.7 cm³/mol. The zero-order chi connectivity index (χ0) is 13.5. The standard InChI is InChI=1S/C12H17N3O3/c1-3-13-11(16)4-5-14-10-6-8(2)15-7-9(10)12(17)18/h6-7H,3-5H2,1-2H3,(H,13,16)(H,14,15)(H,17,18). The molecule has 0 spiro atoms. The molecule has 6 nitrogen and oxygen atoms in total. The third-order valence-corrected chi connectivity index (χ3v) is 2.31. The number of carboxylic acids is 1. The van der Waals surface area contributed by atoms with Crippen LogP contribution in [-0.4, -0.2) is 35.1 Å². The van der Waals surface area contributed by atoms with E-state index in [0.29, 0.717) is 25.2 Å². The number of nitrogens with zero attached hydrogens (tertiary/aromatic N) is 1. The third kappa shape index (κ3) is 4.04. The number of carbonyl (C=O) groups excluding carboxylic acids is 1. The molecule has 0 bridgehead atoms. The number of pyridine rings is 1. The van der Waals surface area contributed by atoms with Crippen molar-refractivity contribution < 1.29 is 14.7 Å². The van der Waals surface area contributed by atoms with Crippen LogP contribution in [0.2, 0.25) is 0 Å². The van der Waals surface area contributed by atoms with Crippen LogP contribution in [-0.2, 0) is 4.79 Å². The van der Waals surface area contributed by atoms with Gasteiger partial charge in [-0.15, -0.1) is 0 Å². The minimum atomic E-state index is -1.04. The number of hydrogen-bond donors (Lipinski definition) is 3. The van der Waals surface area contributed by atoms with Gasteiger partial charge in [0.25, 0.3) is 0 Å². The van der Waals surface area contributed by atoms with Crippen molar-refractivity contribution in [1.29, 1.82) is 0 Å². The largest absolute Gasteiger partial charge is 0.478 e. The Kier molecular flexibility index (Phi) is 5.10. The molecule has 1 aromatic rings. The molecule has 0 aliphatic rings. The number of rotatable bonds is 6. The topological polar surface area (TPSA) is 91.3 Å². The van der Waals surface area contributed by atoms with Crippen LogP contribution in [0.25, 0.3) is 0 Å². The van der Waals surface area contributed by atoms with E-state index in [4.69, 9.17) is 5.11 Å². The number of aromatic carboxylic acids is 1. The first-order valence-electron chi connectivity index (χ1n) is 5.75. The van der Waals surface area contributed by atoms with Crippen LogP contribution in [0, 0.1) is 6.92 Å². The van der Waals surface area contributed by atoms with Crippen LogP contribution in [0.1, 0.15) is 29.4 Å². The normalized spacial score (nSPS) is 9.89. The van der Waals surface area contributed by atoms with E-state index in [0.717, 1.165) is 5.69 Å². The van der Waals surface area contributed by atoms with Gasteiger partial charge in [-0.25, -0.2) is 4.79 Å². The van der Waals surface area contributed by atoms with E-state index < -0.39 is 5.97 Å². The van der Waals surface area contributed by atoms with Crippen molar-refractivity contribution in [2.24, 2.45) is 0 Å². The number of aromatic nitrogens is 1. The molecular weight excluding hydrogens is 234 g/mol. The molecule has 1 heterocycles. The van der Waals surface area contributed by atoms with Gasteiger partial charge in [0.1, 0.15) is 5.56 Å². The van der Waals surface area contributed by atoms with Crippen LogP contribution < -0.4 is 10.6 Å². The summed E-state index contributed by atoms with van der Waals surface area (Å²) in [5.41, 5.74) is 1.32. The summed E-state index contributed by atoms with van der Waals surface area (Å²) in [6.07, 6.45) is 1.61. The number of amides is 1. The van der Waals surface area contributed by atoms with Crippen molar-refractivity contribution in [2.75, 3.05) is 18.4 Å². The van der Waals surface area contributed by atoms with Gasteiger partial charge in [-0.2, -0.15) is 0 Å². The molecule has 18 heavy (non-hydrogen) atoms. The summed E-state index contributed by atoms with van der Waals surface area (Å²) in [5, 5.41) is 14.6. The Morgan fingerprint density at radius 3 is 2.78 bits per heavy atom.